The second-order valence-corrected chi connectivity index (χ2v) is 8.01. The number of halogens is 9. The standard InChI is InChI=1S/C14H20N4O2.3C2HF3O2/c15-12(19)8-14(7-11-1-4-17-5-2-11)3-6-18(10-14)9-13(16)20;3*3-2(4,5)1(6)7/h1-2,4-5H,3,6-10H2,(H2,15,19)(H2,16,20);3*(H,6,7). The highest BCUT2D eigenvalue weighted by Gasteiger charge is 2.40. The number of carboxylic acids is 3. The number of carbonyl (C=O) groups is 5. The number of hydrogen-bond donors (Lipinski definition) is 5. The van der Waals surface area contributed by atoms with E-state index in [1.165, 1.54) is 0 Å². The Labute approximate surface area is 223 Å². The zero-order valence-corrected chi connectivity index (χ0v) is 20.4. The van der Waals surface area contributed by atoms with E-state index in [0.29, 0.717) is 13.0 Å². The molecule has 1 fully saturated rings. The van der Waals surface area contributed by atoms with E-state index >= 15 is 0 Å². The molecular formula is C20H23F9N4O8. The monoisotopic (exact) mass is 618 g/mol. The molecule has 1 aliphatic heterocycles. The molecule has 2 rings (SSSR count). The van der Waals surface area contributed by atoms with Crippen LogP contribution in [0.5, 0.6) is 0 Å². The molecule has 1 aromatic heterocycles. The Hall–Kier alpha value is -4.17. The number of rotatable bonds is 6. The van der Waals surface area contributed by atoms with E-state index < -0.39 is 36.4 Å². The molecule has 12 nitrogen and oxygen atoms in total. The maximum absolute atomic E-state index is 11.4. The molecule has 0 bridgehead atoms. The number of nitrogens with two attached hydrogens (primary N) is 2. The smallest absolute Gasteiger partial charge is 0.475 e. The summed E-state index contributed by atoms with van der Waals surface area (Å²) in [4.78, 5) is 55.1. The molecule has 0 aliphatic carbocycles. The van der Waals surface area contributed by atoms with Gasteiger partial charge >= 0.3 is 36.4 Å². The van der Waals surface area contributed by atoms with Gasteiger partial charge in [-0.3, -0.25) is 19.5 Å². The van der Waals surface area contributed by atoms with Crippen molar-refractivity contribution in [2.45, 2.75) is 37.8 Å². The first kappa shape index (κ1) is 39.0. The van der Waals surface area contributed by atoms with Crippen molar-refractivity contribution in [1.82, 2.24) is 9.88 Å². The van der Waals surface area contributed by atoms with Crippen LogP contribution in [0.2, 0.25) is 0 Å². The zero-order chi connectivity index (χ0) is 32.8. The summed E-state index contributed by atoms with van der Waals surface area (Å²) in [6.45, 7) is 1.67. The molecular weight excluding hydrogens is 595 g/mol. The molecule has 234 valence electrons. The van der Waals surface area contributed by atoms with Gasteiger partial charge in [-0.25, -0.2) is 14.4 Å². The van der Waals surface area contributed by atoms with E-state index in [-0.39, 0.29) is 23.8 Å². The minimum Gasteiger partial charge on any atom is -0.475 e. The highest BCUT2D eigenvalue weighted by atomic mass is 19.4. The number of carbonyl (C=O) groups excluding carboxylic acids is 2. The largest absolute Gasteiger partial charge is 0.490 e. The fraction of sp³-hybridized carbons (Fsp3) is 0.500. The number of likely N-dealkylation sites (tertiary alicyclic amines) is 1. The molecule has 41 heavy (non-hydrogen) atoms. The summed E-state index contributed by atoms with van der Waals surface area (Å²) >= 11 is 0. The minimum atomic E-state index is -5.08. The molecule has 0 aromatic carbocycles. The van der Waals surface area contributed by atoms with Gasteiger partial charge in [0, 0.05) is 25.4 Å². The van der Waals surface area contributed by atoms with Gasteiger partial charge in [0.15, 0.2) is 0 Å². The number of nitrogens with zero attached hydrogens (tertiary/aromatic N) is 2. The van der Waals surface area contributed by atoms with Crippen LogP contribution in [0.4, 0.5) is 39.5 Å². The quantitative estimate of drug-likeness (QED) is 0.290. The van der Waals surface area contributed by atoms with Crippen molar-refractivity contribution < 1.29 is 78.8 Å². The number of pyridine rings is 1. The molecule has 0 radical (unpaired) electrons. The van der Waals surface area contributed by atoms with Crippen molar-refractivity contribution in [2.24, 2.45) is 16.9 Å². The van der Waals surface area contributed by atoms with Crippen LogP contribution in [0.3, 0.4) is 0 Å². The van der Waals surface area contributed by atoms with Crippen molar-refractivity contribution in [3.8, 4) is 0 Å². The summed E-state index contributed by atoms with van der Waals surface area (Å²) in [5.41, 5.74) is 11.6. The van der Waals surface area contributed by atoms with Gasteiger partial charge in [-0.05, 0) is 42.5 Å². The minimum absolute atomic E-state index is 0.206. The SMILES string of the molecule is NC(=O)CN1CCC(CC(N)=O)(Cc2ccncc2)C1.O=C(O)C(F)(F)F.O=C(O)C(F)(F)F.O=C(O)C(F)(F)F. The van der Waals surface area contributed by atoms with Gasteiger partial charge < -0.3 is 26.8 Å². The molecule has 0 saturated carbocycles. The Bertz CT molecular complexity index is 977. The van der Waals surface area contributed by atoms with E-state index in [9.17, 15) is 49.1 Å². The molecule has 1 aromatic rings. The van der Waals surface area contributed by atoms with E-state index in [1.54, 1.807) is 12.4 Å². The maximum atomic E-state index is 11.4. The fourth-order valence-corrected chi connectivity index (χ4v) is 3.04. The average molecular weight is 618 g/mol. The van der Waals surface area contributed by atoms with Gasteiger partial charge in [0.2, 0.25) is 11.8 Å². The van der Waals surface area contributed by atoms with Crippen molar-refractivity contribution >= 4 is 29.7 Å². The molecule has 1 aliphatic rings. The first-order valence-electron chi connectivity index (χ1n) is 10.4. The summed E-state index contributed by atoms with van der Waals surface area (Å²) in [6, 6.07) is 3.89. The summed E-state index contributed by atoms with van der Waals surface area (Å²) in [7, 11) is 0. The van der Waals surface area contributed by atoms with Crippen molar-refractivity contribution in [2.75, 3.05) is 19.6 Å². The predicted molar refractivity (Wildman–Crippen MR) is 116 cm³/mol. The van der Waals surface area contributed by atoms with Crippen LogP contribution in [0, 0.1) is 5.41 Å². The van der Waals surface area contributed by atoms with Crippen LogP contribution in [0.1, 0.15) is 18.4 Å². The summed E-state index contributed by atoms with van der Waals surface area (Å²) in [6.07, 6.45) is -9.85. The third kappa shape index (κ3) is 18.7. The average Bonchev–Trinajstić information content (AvgIpc) is 3.14. The lowest BCUT2D eigenvalue weighted by atomic mass is 9.78. The first-order valence-corrected chi connectivity index (χ1v) is 10.4. The first-order chi connectivity index (χ1) is 18.3. The lowest BCUT2D eigenvalue weighted by Crippen LogP contribution is -2.37. The number of alkyl halides is 9. The normalized spacial score (nSPS) is 16.9. The summed E-state index contributed by atoms with van der Waals surface area (Å²) in [5.74, 6) is -8.92. The number of aliphatic carboxylic acids is 3. The molecule has 1 unspecified atom stereocenters. The molecule has 2 amide bonds. The van der Waals surface area contributed by atoms with Crippen molar-refractivity contribution in [3.05, 3.63) is 30.1 Å². The van der Waals surface area contributed by atoms with Gasteiger partial charge in [-0.2, -0.15) is 39.5 Å². The highest BCUT2D eigenvalue weighted by Crippen LogP contribution is 2.37. The van der Waals surface area contributed by atoms with E-state index in [1.807, 2.05) is 17.0 Å². The van der Waals surface area contributed by atoms with Gasteiger partial charge in [0.25, 0.3) is 0 Å². The van der Waals surface area contributed by atoms with Crippen LogP contribution in [-0.4, -0.2) is 93.1 Å². The summed E-state index contributed by atoms with van der Waals surface area (Å²) in [5, 5.41) is 21.4. The predicted octanol–water partition coefficient (Wildman–Crippen LogP) is 1.58. The molecule has 21 heteroatoms. The second kappa shape index (κ2) is 16.2. The van der Waals surface area contributed by atoms with E-state index in [2.05, 4.69) is 4.98 Å². The van der Waals surface area contributed by atoms with E-state index in [4.69, 9.17) is 41.2 Å². The Kier molecular flexibility index (Phi) is 15.4. The zero-order valence-electron chi connectivity index (χ0n) is 20.4. The lowest BCUT2D eigenvalue weighted by molar-refractivity contribution is -0.193. The van der Waals surface area contributed by atoms with Crippen LogP contribution in [-0.2, 0) is 30.4 Å². The van der Waals surface area contributed by atoms with Crippen LogP contribution >= 0.6 is 0 Å². The topological polar surface area (TPSA) is 214 Å². The number of hydrogen-bond acceptors (Lipinski definition) is 7. The van der Waals surface area contributed by atoms with Gasteiger partial charge in [-0.1, -0.05) is 0 Å². The Morgan fingerprint density at radius 1 is 0.780 bits per heavy atom. The molecule has 1 atom stereocenters. The number of carboxylic acid groups (broad SMARTS) is 3. The Morgan fingerprint density at radius 2 is 1.15 bits per heavy atom. The van der Waals surface area contributed by atoms with Gasteiger partial charge in [0.1, 0.15) is 0 Å². The number of aromatic nitrogens is 1. The van der Waals surface area contributed by atoms with Crippen LogP contribution < -0.4 is 11.5 Å². The lowest BCUT2D eigenvalue weighted by Gasteiger charge is -2.28. The third-order valence-corrected chi connectivity index (χ3v) is 4.50. The summed E-state index contributed by atoms with van der Waals surface area (Å²) < 4.78 is 95.2. The highest BCUT2D eigenvalue weighted by molar-refractivity contribution is 5.76. The third-order valence-electron chi connectivity index (χ3n) is 4.50. The second-order valence-electron chi connectivity index (χ2n) is 8.01. The van der Waals surface area contributed by atoms with Crippen molar-refractivity contribution in [1.29, 1.82) is 0 Å². The van der Waals surface area contributed by atoms with Crippen molar-refractivity contribution in [3.63, 3.8) is 0 Å². The van der Waals surface area contributed by atoms with Gasteiger partial charge in [0.05, 0.1) is 6.54 Å². The Morgan fingerprint density at radius 3 is 1.44 bits per heavy atom. The number of primary amides is 2. The fourth-order valence-electron chi connectivity index (χ4n) is 3.04. The maximum Gasteiger partial charge on any atom is 0.490 e. The van der Waals surface area contributed by atoms with Crippen LogP contribution in [0.25, 0.3) is 0 Å². The van der Waals surface area contributed by atoms with Gasteiger partial charge in [-0.15, -0.1) is 0 Å². The number of amides is 2. The molecule has 7 N–H and O–H groups in total. The molecule has 2 heterocycles. The molecule has 1 saturated heterocycles. The van der Waals surface area contributed by atoms with E-state index in [0.717, 1.165) is 24.9 Å². The molecule has 0 spiro atoms. The van der Waals surface area contributed by atoms with Crippen LogP contribution in [0.15, 0.2) is 24.5 Å². The Balaban J connectivity index is 0.